The van der Waals surface area contributed by atoms with Gasteiger partial charge in [-0.2, -0.15) is 5.10 Å². The predicted molar refractivity (Wildman–Crippen MR) is 135 cm³/mol. The number of nitrogens with zero attached hydrogens (tertiary/aromatic N) is 1. The van der Waals surface area contributed by atoms with E-state index in [9.17, 15) is 4.79 Å². The van der Waals surface area contributed by atoms with Crippen molar-refractivity contribution in [2.24, 2.45) is 40.3 Å². The molecule has 184 valence electrons. The van der Waals surface area contributed by atoms with Crippen LogP contribution in [0.5, 0.6) is 0 Å². The number of fused-ring (bicyclic) bond motifs is 1. The highest BCUT2D eigenvalue weighted by molar-refractivity contribution is 5.88. The number of nitrogens with two attached hydrogens (primary N) is 2. The van der Waals surface area contributed by atoms with Crippen molar-refractivity contribution in [2.75, 3.05) is 13.2 Å². The fraction of sp³-hybridized carbons (Fsp3) is 0.692. The molecule has 2 rings (SSSR count). The highest BCUT2D eigenvalue weighted by Gasteiger charge is 2.38. The number of allylic oxidation sites excluding steroid dienone is 2. The van der Waals surface area contributed by atoms with Crippen LogP contribution in [-0.2, 0) is 9.53 Å². The largest absolute Gasteiger partial charge is 0.464 e. The van der Waals surface area contributed by atoms with Crippen LogP contribution in [0.2, 0.25) is 0 Å². The molecule has 0 radical (unpaired) electrons. The molecule has 2 fully saturated rings. The molecule has 7 heteroatoms. The molecule has 6 N–H and O–H groups in total. The third kappa shape index (κ3) is 7.82. The molecule has 1 saturated carbocycles. The van der Waals surface area contributed by atoms with Crippen molar-refractivity contribution in [3.63, 3.8) is 0 Å². The fourth-order valence-corrected chi connectivity index (χ4v) is 4.94. The summed E-state index contributed by atoms with van der Waals surface area (Å²) in [6.07, 6.45) is 10.6. The summed E-state index contributed by atoms with van der Waals surface area (Å²) in [4.78, 5) is 12.7. The van der Waals surface area contributed by atoms with Crippen molar-refractivity contribution in [1.82, 2.24) is 10.6 Å². The van der Waals surface area contributed by atoms with Gasteiger partial charge in [0.1, 0.15) is 17.8 Å². The molecule has 0 aromatic rings. The van der Waals surface area contributed by atoms with Crippen LogP contribution in [0.15, 0.2) is 29.5 Å². The molecule has 0 amide bonds. The van der Waals surface area contributed by atoms with E-state index in [-0.39, 0.29) is 23.8 Å². The zero-order valence-corrected chi connectivity index (χ0v) is 20.6. The van der Waals surface area contributed by atoms with Gasteiger partial charge >= 0.3 is 5.97 Å². The Morgan fingerprint density at radius 1 is 1.27 bits per heavy atom. The Hall–Kier alpha value is -2.46. The third-order valence-electron chi connectivity index (χ3n) is 7.09. The summed E-state index contributed by atoms with van der Waals surface area (Å²) in [6, 6.07) is 0.0817. The molecule has 0 aromatic heterocycles. The van der Waals surface area contributed by atoms with E-state index < -0.39 is 0 Å². The van der Waals surface area contributed by atoms with E-state index in [0.29, 0.717) is 30.4 Å². The molecule has 5 atom stereocenters. The standard InChI is InChI=1S/C26H43N5O2/c1-5-9-11-22(25(27)31-28)23(10-6-2)30-21-13-12-19-16-29-24(15-20(19)14-21)26(32)33-17-18(7-3)8-4/h5,10,18-22,24,29-30H,1,6-8,12-17,28H2,2-4H3,(H2,27,31)/b23-10+/t19?,20?,21-,22?,24?/m0/s1. The van der Waals surface area contributed by atoms with Gasteiger partial charge in [0.25, 0.3) is 0 Å². The molecule has 1 saturated heterocycles. The number of rotatable bonds is 10. The van der Waals surface area contributed by atoms with Crippen molar-refractivity contribution in [3.8, 4) is 11.8 Å². The summed E-state index contributed by atoms with van der Waals surface area (Å²) in [7, 11) is 0. The predicted octanol–water partition coefficient (Wildman–Crippen LogP) is 3.03. The van der Waals surface area contributed by atoms with Crippen LogP contribution in [0.1, 0.15) is 65.7 Å². The van der Waals surface area contributed by atoms with Crippen LogP contribution >= 0.6 is 0 Å². The van der Waals surface area contributed by atoms with Crippen molar-refractivity contribution in [3.05, 3.63) is 24.4 Å². The van der Waals surface area contributed by atoms with Crippen LogP contribution < -0.4 is 22.2 Å². The number of amidine groups is 1. The maximum absolute atomic E-state index is 12.7. The zero-order valence-electron chi connectivity index (χ0n) is 20.6. The molecule has 0 bridgehead atoms. The van der Waals surface area contributed by atoms with Crippen molar-refractivity contribution < 1.29 is 9.53 Å². The maximum Gasteiger partial charge on any atom is 0.323 e. The van der Waals surface area contributed by atoms with Gasteiger partial charge in [0.2, 0.25) is 0 Å². The first-order valence-corrected chi connectivity index (χ1v) is 12.5. The van der Waals surface area contributed by atoms with Crippen LogP contribution in [0, 0.1) is 35.5 Å². The highest BCUT2D eigenvalue weighted by Crippen LogP contribution is 2.36. The van der Waals surface area contributed by atoms with E-state index >= 15 is 0 Å². The Bertz CT molecular complexity index is 762. The van der Waals surface area contributed by atoms with Gasteiger partial charge in [-0.05, 0) is 62.5 Å². The van der Waals surface area contributed by atoms with Gasteiger partial charge in [0.15, 0.2) is 0 Å². The molecule has 0 aromatic carbocycles. The van der Waals surface area contributed by atoms with Gasteiger partial charge in [0.05, 0.1) is 6.61 Å². The second kappa shape index (κ2) is 13.9. The number of ether oxygens (including phenoxy) is 1. The number of nitrogens with one attached hydrogen (secondary N) is 2. The van der Waals surface area contributed by atoms with Crippen LogP contribution in [0.3, 0.4) is 0 Å². The van der Waals surface area contributed by atoms with Crippen LogP contribution in [0.25, 0.3) is 0 Å². The smallest absolute Gasteiger partial charge is 0.323 e. The van der Waals surface area contributed by atoms with Crippen molar-refractivity contribution in [2.45, 2.75) is 77.8 Å². The lowest BCUT2D eigenvalue weighted by Gasteiger charge is -2.42. The zero-order chi connectivity index (χ0) is 24.2. The molecular weight excluding hydrogens is 414 g/mol. The molecule has 7 nitrogen and oxygen atoms in total. The molecule has 33 heavy (non-hydrogen) atoms. The Kier molecular flexibility index (Phi) is 11.3. The van der Waals surface area contributed by atoms with Gasteiger partial charge in [-0.3, -0.25) is 4.79 Å². The topological polar surface area (TPSA) is 115 Å². The monoisotopic (exact) mass is 457 g/mol. The summed E-state index contributed by atoms with van der Waals surface area (Å²) >= 11 is 0. The first-order valence-electron chi connectivity index (χ1n) is 12.5. The Balaban J connectivity index is 2.02. The number of piperidine rings is 1. The lowest BCUT2D eigenvalue weighted by atomic mass is 9.71. The molecule has 1 heterocycles. The van der Waals surface area contributed by atoms with E-state index in [1.807, 2.05) is 0 Å². The Morgan fingerprint density at radius 3 is 2.67 bits per heavy atom. The maximum atomic E-state index is 12.7. The first kappa shape index (κ1) is 26.8. The number of carbonyl (C=O) groups is 1. The average molecular weight is 458 g/mol. The first-order chi connectivity index (χ1) is 16.0. The van der Waals surface area contributed by atoms with Crippen LogP contribution in [0.4, 0.5) is 0 Å². The quantitative estimate of drug-likeness (QED) is 0.100. The second-order valence-corrected chi connectivity index (χ2v) is 9.23. The number of hydrazone groups is 1. The Labute approximate surface area is 199 Å². The van der Waals surface area contributed by atoms with Gasteiger partial charge in [-0.25, -0.2) is 0 Å². The van der Waals surface area contributed by atoms with Gasteiger partial charge < -0.3 is 26.9 Å². The fourth-order valence-electron chi connectivity index (χ4n) is 4.94. The number of hydrogen-bond acceptors (Lipinski definition) is 6. The van der Waals surface area contributed by atoms with E-state index in [1.165, 1.54) is 0 Å². The third-order valence-corrected chi connectivity index (χ3v) is 7.09. The SMILES string of the molecule is C=CC#CC(/C(N)=N/N)/C(=C\CC)N[C@H]1CCC2CNC(C(=O)OCC(CC)CC)CC2C1. The normalized spacial score (nSPS) is 26.5. The van der Waals surface area contributed by atoms with E-state index in [1.54, 1.807) is 6.08 Å². The van der Waals surface area contributed by atoms with Gasteiger partial charge in [-0.1, -0.05) is 58.1 Å². The summed E-state index contributed by atoms with van der Waals surface area (Å²) < 4.78 is 5.65. The minimum Gasteiger partial charge on any atom is -0.464 e. The summed E-state index contributed by atoms with van der Waals surface area (Å²) in [5.74, 6) is 12.8. The van der Waals surface area contributed by atoms with Crippen LogP contribution in [-0.4, -0.2) is 37.0 Å². The minimum absolute atomic E-state index is 0.103. The molecule has 0 spiro atoms. The van der Waals surface area contributed by atoms with E-state index in [2.05, 4.69) is 61.0 Å². The molecule has 2 aliphatic rings. The number of hydrogen-bond donors (Lipinski definition) is 4. The summed E-state index contributed by atoms with van der Waals surface area (Å²) in [6.45, 7) is 11.4. The minimum atomic E-state index is -0.383. The molecular formula is C26H43N5O2. The molecule has 1 aliphatic carbocycles. The number of esters is 1. The van der Waals surface area contributed by atoms with Gasteiger partial charge in [0, 0.05) is 11.7 Å². The summed E-state index contributed by atoms with van der Waals surface area (Å²) in [5, 5.41) is 10.8. The second-order valence-electron chi connectivity index (χ2n) is 9.23. The lowest BCUT2D eigenvalue weighted by Crippen LogP contribution is -2.52. The lowest BCUT2D eigenvalue weighted by molar-refractivity contribution is -0.149. The van der Waals surface area contributed by atoms with Gasteiger partial charge in [-0.15, -0.1) is 0 Å². The van der Waals surface area contributed by atoms with E-state index in [0.717, 1.165) is 57.2 Å². The summed E-state index contributed by atoms with van der Waals surface area (Å²) in [5.41, 5.74) is 7.01. The molecule has 4 unspecified atom stereocenters. The molecule has 1 aliphatic heterocycles. The number of carbonyl (C=O) groups excluding carboxylic acids is 1. The highest BCUT2D eigenvalue weighted by atomic mass is 16.5. The van der Waals surface area contributed by atoms with E-state index in [4.69, 9.17) is 16.3 Å². The Morgan fingerprint density at radius 2 is 2.03 bits per heavy atom. The van der Waals surface area contributed by atoms with Crippen molar-refractivity contribution in [1.29, 1.82) is 0 Å². The average Bonchev–Trinajstić information content (AvgIpc) is 2.84. The van der Waals surface area contributed by atoms with Crippen molar-refractivity contribution >= 4 is 11.8 Å².